The number of halogens is 2. The average molecular weight is 251 g/mol. The molecule has 1 aromatic carbocycles. The summed E-state index contributed by atoms with van der Waals surface area (Å²) in [7, 11) is 0. The lowest BCUT2D eigenvalue weighted by Gasteiger charge is -2.05. The van der Waals surface area contributed by atoms with Gasteiger partial charge in [-0.3, -0.25) is 9.89 Å². The molecule has 18 heavy (non-hydrogen) atoms. The van der Waals surface area contributed by atoms with Crippen molar-refractivity contribution in [2.45, 2.75) is 13.3 Å². The molecule has 2 N–H and O–H groups in total. The number of aromatic amines is 1. The fourth-order valence-electron chi connectivity index (χ4n) is 1.51. The number of nitrogens with one attached hydrogen (secondary N) is 2. The van der Waals surface area contributed by atoms with E-state index >= 15 is 0 Å². The fraction of sp³-hybridized carbons (Fsp3) is 0.167. The van der Waals surface area contributed by atoms with E-state index in [0.717, 1.165) is 17.7 Å². The molecule has 1 aromatic heterocycles. The van der Waals surface area contributed by atoms with E-state index < -0.39 is 17.5 Å². The first-order valence-electron chi connectivity index (χ1n) is 5.40. The highest BCUT2D eigenvalue weighted by Crippen LogP contribution is 2.14. The number of amides is 1. The number of hydrogen-bond donors (Lipinski definition) is 2. The van der Waals surface area contributed by atoms with E-state index in [1.807, 2.05) is 6.92 Å². The third-order valence-corrected chi connectivity index (χ3v) is 2.52. The Balaban J connectivity index is 2.19. The smallest absolute Gasteiger partial charge is 0.256 e. The van der Waals surface area contributed by atoms with Gasteiger partial charge in [-0.2, -0.15) is 5.10 Å². The van der Waals surface area contributed by atoms with Gasteiger partial charge in [-0.05, 0) is 24.6 Å². The minimum atomic E-state index is -1.05. The lowest BCUT2D eigenvalue weighted by atomic mass is 10.2. The molecule has 1 heterocycles. The molecule has 0 aliphatic carbocycles. The maximum atomic E-state index is 13.0. The molecule has 0 unspecified atom stereocenters. The van der Waals surface area contributed by atoms with Gasteiger partial charge in [-0.1, -0.05) is 6.92 Å². The molecule has 2 aromatic rings. The van der Waals surface area contributed by atoms with E-state index in [1.54, 1.807) is 6.20 Å². The number of carbonyl (C=O) groups excluding carboxylic acids is 1. The van der Waals surface area contributed by atoms with E-state index in [9.17, 15) is 13.6 Å². The molecule has 0 bridgehead atoms. The van der Waals surface area contributed by atoms with Gasteiger partial charge in [0.1, 0.15) is 5.82 Å². The molecular formula is C12H11F2N3O. The Hall–Kier alpha value is -2.24. The predicted molar refractivity (Wildman–Crippen MR) is 62.3 cm³/mol. The number of anilines is 1. The number of hydrogen-bond acceptors (Lipinski definition) is 2. The molecular weight excluding hydrogens is 240 g/mol. The van der Waals surface area contributed by atoms with Crippen LogP contribution in [0.25, 0.3) is 0 Å². The Morgan fingerprint density at radius 2 is 2.17 bits per heavy atom. The second-order valence-electron chi connectivity index (χ2n) is 3.71. The van der Waals surface area contributed by atoms with Crippen LogP contribution in [-0.4, -0.2) is 16.1 Å². The molecule has 0 radical (unpaired) electrons. The standard InChI is InChI=1S/C12H11F2N3O/c1-2-7-6-15-17-11(7)16-12(18)8-3-4-9(13)10(14)5-8/h3-6H,2H2,1H3,(H2,15,16,17,18). The van der Waals surface area contributed by atoms with Crippen molar-refractivity contribution in [3.05, 3.63) is 47.2 Å². The van der Waals surface area contributed by atoms with Crippen molar-refractivity contribution in [2.75, 3.05) is 5.32 Å². The molecule has 0 saturated heterocycles. The molecule has 6 heteroatoms. The SMILES string of the molecule is CCc1cn[nH]c1NC(=O)c1ccc(F)c(F)c1. The molecule has 94 valence electrons. The number of carbonyl (C=O) groups is 1. The zero-order valence-electron chi connectivity index (χ0n) is 9.63. The zero-order chi connectivity index (χ0) is 13.1. The summed E-state index contributed by atoms with van der Waals surface area (Å²) < 4.78 is 25.7. The van der Waals surface area contributed by atoms with Gasteiger partial charge < -0.3 is 5.32 Å². The highest BCUT2D eigenvalue weighted by atomic mass is 19.2. The molecule has 1 amide bonds. The Morgan fingerprint density at radius 3 is 2.83 bits per heavy atom. The summed E-state index contributed by atoms with van der Waals surface area (Å²) >= 11 is 0. The second-order valence-corrected chi connectivity index (χ2v) is 3.71. The average Bonchev–Trinajstić information content (AvgIpc) is 2.79. The van der Waals surface area contributed by atoms with Crippen LogP contribution in [0.1, 0.15) is 22.8 Å². The molecule has 0 spiro atoms. The molecule has 0 fully saturated rings. The van der Waals surface area contributed by atoms with Crippen molar-refractivity contribution in [1.29, 1.82) is 0 Å². The number of aromatic nitrogens is 2. The zero-order valence-corrected chi connectivity index (χ0v) is 9.63. The van der Waals surface area contributed by atoms with Crippen LogP contribution in [0.4, 0.5) is 14.6 Å². The quantitative estimate of drug-likeness (QED) is 0.880. The third kappa shape index (κ3) is 2.37. The number of benzene rings is 1. The van der Waals surface area contributed by atoms with E-state index in [0.29, 0.717) is 12.2 Å². The summed E-state index contributed by atoms with van der Waals surface area (Å²) in [5.74, 6) is -2.09. The lowest BCUT2D eigenvalue weighted by Crippen LogP contribution is -2.13. The van der Waals surface area contributed by atoms with Gasteiger partial charge in [0.2, 0.25) is 0 Å². The first-order valence-corrected chi connectivity index (χ1v) is 5.40. The minimum absolute atomic E-state index is 0.0468. The maximum absolute atomic E-state index is 13.0. The first kappa shape index (κ1) is 12.2. The number of rotatable bonds is 3. The second kappa shape index (κ2) is 4.95. The molecule has 4 nitrogen and oxygen atoms in total. The molecule has 0 atom stereocenters. The summed E-state index contributed by atoms with van der Waals surface area (Å²) in [6.45, 7) is 1.91. The molecule has 2 rings (SSSR count). The van der Waals surface area contributed by atoms with Crippen LogP contribution < -0.4 is 5.32 Å². The van der Waals surface area contributed by atoms with Crippen LogP contribution in [0.5, 0.6) is 0 Å². The fourth-order valence-corrected chi connectivity index (χ4v) is 1.51. The summed E-state index contributed by atoms with van der Waals surface area (Å²) in [6.07, 6.45) is 2.30. The van der Waals surface area contributed by atoms with Gasteiger partial charge in [-0.25, -0.2) is 8.78 Å². The van der Waals surface area contributed by atoms with E-state index in [4.69, 9.17) is 0 Å². The highest BCUT2D eigenvalue weighted by molar-refractivity contribution is 6.04. The largest absolute Gasteiger partial charge is 0.307 e. The van der Waals surface area contributed by atoms with Crippen LogP contribution in [0.2, 0.25) is 0 Å². The Kier molecular flexibility index (Phi) is 3.36. The van der Waals surface area contributed by atoms with Gasteiger partial charge in [0.25, 0.3) is 5.91 Å². The highest BCUT2D eigenvalue weighted by Gasteiger charge is 2.12. The van der Waals surface area contributed by atoms with Crippen molar-refractivity contribution < 1.29 is 13.6 Å². The Morgan fingerprint density at radius 1 is 1.39 bits per heavy atom. The monoisotopic (exact) mass is 251 g/mol. The topological polar surface area (TPSA) is 57.8 Å². The third-order valence-electron chi connectivity index (χ3n) is 2.52. The predicted octanol–water partition coefficient (Wildman–Crippen LogP) is 2.50. The number of aryl methyl sites for hydroxylation is 1. The van der Waals surface area contributed by atoms with Gasteiger partial charge in [-0.15, -0.1) is 0 Å². The van der Waals surface area contributed by atoms with Gasteiger partial charge in [0.15, 0.2) is 11.6 Å². The molecule has 0 aliphatic heterocycles. The van der Waals surface area contributed by atoms with Gasteiger partial charge in [0.05, 0.1) is 6.20 Å². The summed E-state index contributed by atoms with van der Waals surface area (Å²) in [4.78, 5) is 11.8. The van der Waals surface area contributed by atoms with Gasteiger partial charge in [0, 0.05) is 11.1 Å². The van der Waals surface area contributed by atoms with Crippen LogP contribution in [0, 0.1) is 11.6 Å². The summed E-state index contributed by atoms with van der Waals surface area (Å²) in [6, 6.07) is 2.99. The van der Waals surface area contributed by atoms with Crippen molar-refractivity contribution in [3.63, 3.8) is 0 Å². The Bertz CT molecular complexity index is 580. The van der Waals surface area contributed by atoms with E-state index in [1.165, 1.54) is 6.07 Å². The maximum Gasteiger partial charge on any atom is 0.256 e. The van der Waals surface area contributed by atoms with Crippen LogP contribution in [-0.2, 0) is 6.42 Å². The molecule has 0 aliphatic rings. The van der Waals surface area contributed by atoms with Gasteiger partial charge >= 0.3 is 0 Å². The van der Waals surface area contributed by atoms with Crippen LogP contribution in [0.3, 0.4) is 0 Å². The van der Waals surface area contributed by atoms with Crippen molar-refractivity contribution in [2.24, 2.45) is 0 Å². The van der Waals surface area contributed by atoms with E-state index in [-0.39, 0.29) is 5.56 Å². The normalized spacial score (nSPS) is 10.4. The number of H-pyrrole nitrogens is 1. The van der Waals surface area contributed by atoms with Crippen molar-refractivity contribution in [1.82, 2.24) is 10.2 Å². The van der Waals surface area contributed by atoms with Crippen LogP contribution in [0.15, 0.2) is 24.4 Å². The van der Waals surface area contributed by atoms with Crippen LogP contribution >= 0.6 is 0 Å². The number of nitrogens with zero attached hydrogens (tertiary/aromatic N) is 1. The van der Waals surface area contributed by atoms with Crippen molar-refractivity contribution >= 4 is 11.7 Å². The molecule has 0 saturated carbocycles. The van der Waals surface area contributed by atoms with E-state index in [2.05, 4.69) is 15.5 Å². The lowest BCUT2D eigenvalue weighted by molar-refractivity contribution is 0.102. The minimum Gasteiger partial charge on any atom is -0.307 e. The Labute approximate surface area is 102 Å². The first-order chi connectivity index (χ1) is 8.61. The summed E-state index contributed by atoms with van der Waals surface area (Å²) in [5.41, 5.74) is 0.886. The summed E-state index contributed by atoms with van der Waals surface area (Å²) in [5, 5.41) is 8.99. The van der Waals surface area contributed by atoms with Crippen molar-refractivity contribution in [3.8, 4) is 0 Å².